The number of aromatic nitrogens is 2. The molecule has 3 aromatic rings. The van der Waals surface area contributed by atoms with Crippen molar-refractivity contribution < 1.29 is 36.6 Å². The Hall–Kier alpha value is -3.80. The quantitative estimate of drug-likeness (QED) is 0.474. The van der Waals surface area contributed by atoms with Crippen molar-refractivity contribution in [1.82, 2.24) is 9.97 Å². The number of nitrogens with zero attached hydrogens (tertiary/aromatic N) is 3. The molecule has 1 fully saturated rings. The molecule has 1 amide bonds. The molecule has 178 valence electrons. The first kappa shape index (κ1) is 23.4. The van der Waals surface area contributed by atoms with Gasteiger partial charge in [0.1, 0.15) is 18.4 Å². The fourth-order valence-corrected chi connectivity index (χ4v) is 3.36. The van der Waals surface area contributed by atoms with Crippen LogP contribution in [-0.2, 0) is 10.9 Å². The molecular formula is C22H17F5N4O3. The second kappa shape index (κ2) is 9.21. The number of hydrogen-bond acceptors (Lipinski definition) is 6. The topological polar surface area (TPSA) is 87.6 Å². The van der Waals surface area contributed by atoms with Crippen molar-refractivity contribution >= 4 is 23.4 Å². The van der Waals surface area contributed by atoms with Gasteiger partial charge in [0.05, 0.1) is 6.54 Å². The summed E-state index contributed by atoms with van der Waals surface area (Å²) in [6.45, 7) is 0.435. The van der Waals surface area contributed by atoms with E-state index in [2.05, 4.69) is 15.3 Å². The highest BCUT2D eigenvalue weighted by molar-refractivity contribution is 5.91. The average Bonchev–Trinajstić information content (AvgIpc) is 3.24. The van der Waals surface area contributed by atoms with Gasteiger partial charge in [-0.2, -0.15) is 13.2 Å². The fourth-order valence-electron chi connectivity index (χ4n) is 3.36. The zero-order valence-electron chi connectivity index (χ0n) is 17.3. The van der Waals surface area contributed by atoms with Crippen LogP contribution in [-0.4, -0.2) is 40.7 Å². The second-order valence-corrected chi connectivity index (χ2v) is 7.32. The van der Waals surface area contributed by atoms with E-state index in [1.165, 1.54) is 35.2 Å². The highest BCUT2D eigenvalue weighted by atomic mass is 19.4. The van der Waals surface area contributed by atoms with Crippen LogP contribution in [0, 0.1) is 0 Å². The third-order valence-electron chi connectivity index (χ3n) is 5.02. The second-order valence-electron chi connectivity index (χ2n) is 7.32. The first-order chi connectivity index (χ1) is 16.1. The van der Waals surface area contributed by atoms with Crippen LogP contribution in [0.15, 0.2) is 54.7 Å². The Morgan fingerprint density at radius 2 is 1.79 bits per heavy atom. The maximum Gasteiger partial charge on any atom is 0.433 e. The van der Waals surface area contributed by atoms with Gasteiger partial charge in [0, 0.05) is 17.6 Å². The number of hydrogen-bond donors (Lipinski definition) is 2. The lowest BCUT2D eigenvalue weighted by Crippen LogP contribution is -2.23. The van der Waals surface area contributed by atoms with Gasteiger partial charge in [0.15, 0.2) is 0 Å². The minimum Gasteiger partial charge on any atom is -0.447 e. The predicted octanol–water partition coefficient (Wildman–Crippen LogP) is 5.16. The maximum absolute atomic E-state index is 13.0. The molecule has 1 aliphatic heterocycles. The van der Waals surface area contributed by atoms with Crippen molar-refractivity contribution in [3.05, 3.63) is 66.0 Å². The van der Waals surface area contributed by atoms with Crippen molar-refractivity contribution in [1.29, 1.82) is 0 Å². The van der Waals surface area contributed by atoms with E-state index in [1.807, 2.05) is 0 Å². The van der Waals surface area contributed by atoms with Crippen molar-refractivity contribution in [2.24, 2.45) is 0 Å². The zero-order valence-corrected chi connectivity index (χ0v) is 17.3. The maximum atomic E-state index is 13.0. The molecule has 0 radical (unpaired) electrons. The normalized spacial score (nSPS) is 14.9. The van der Waals surface area contributed by atoms with Crippen molar-refractivity contribution in [3.63, 3.8) is 0 Å². The van der Waals surface area contributed by atoms with Crippen molar-refractivity contribution in [2.45, 2.75) is 18.7 Å². The van der Waals surface area contributed by atoms with Gasteiger partial charge in [-0.15, -0.1) is 0 Å². The molecule has 0 unspecified atom stereocenters. The fraction of sp³-hybridized carbons (Fsp3) is 0.227. The summed E-state index contributed by atoms with van der Waals surface area (Å²) < 4.78 is 69.5. The molecule has 0 bridgehead atoms. The van der Waals surface area contributed by atoms with Crippen molar-refractivity contribution in [3.8, 4) is 11.1 Å². The lowest BCUT2D eigenvalue weighted by molar-refractivity contribution is -0.141. The minimum atomic E-state index is -4.66. The van der Waals surface area contributed by atoms with Gasteiger partial charge in [-0.25, -0.2) is 23.5 Å². The number of cyclic esters (lactones) is 1. The van der Waals surface area contributed by atoms with Crippen LogP contribution in [0.3, 0.4) is 0 Å². The lowest BCUT2D eigenvalue weighted by atomic mass is 10.0. The van der Waals surface area contributed by atoms with Gasteiger partial charge in [-0.1, -0.05) is 24.3 Å². The molecule has 4 rings (SSSR count). The Morgan fingerprint density at radius 1 is 1.06 bits per heavy atom. The monoisotopic (exact) mass is 480 g/mol. The molecule has 0 saturated carbocycles. The van der Waals surface area contributed by atoms with Gasteiger partial charge in [-0.05, 0) is 41.0 Å². The lowest BCUT2D eigenvalue weighted by Gasteiger charge is -2.17. The van der Waals surface area contributed by atoms with E-state index in [9.17, 15) is 31.9 Å². The predicted molar refractivity (Wildman–Crippen MR) is 112 cm³/mol. The third kappa shape index (κ3) is 5.06. The number of carbonyl (C=O) groups excluding carboxylic acids is 1. The Morgan fingerprint density at radius 3 is 2.41 bits per heavy atom. The summed E-state index contributed by atoms with van der Waals surface area (Å²) in [5.41, 5.74) is 0.637. The molecule has 0 spiro atoms. The van der Waals surface area contributed by atoms with Crippen LogP contribution in [0.25, 0.3) is 11.1 Å². The summed E-state index contributed by atoms with van der Waals surface area (Å²) in [6.07, 6.45) is -9.16. The molecule has 7 nitrogen and oxygen atoms in total. The van der Waals surface area contributed by atoms with Gasteiger partial charge in [0.2, 0.25) is 5.95 Å². The average molecular weight is 480 g/mol. The Balaban J connectivity index is 1.71. The molecular weight excluding hydrogens is 463 g/mol. The van der Waals surface area contributed by atoms with E-state index < -0.39 is 30.5 Å². The Labute approximate surface area is 189 Å². The number of halogens is 5. The molecule has 2 N–H and O–H groups in total. The number of aliphatic hydroxyl groups excluding tert-OH is 1. The van der Waals surface area contributed by atoms with Crippen LogP contribution in [0.2, 0.25) is 0 Å². The van der Waals surface area contributed by atoms with Gasteiger partial charge >= 0.3 is 12.3 Å². The molecule has 2 aromatic carbocycles. The number of anilines is 3. The first-order valence-corrected chi connectivity index (χ1v) is 9.95. The van der Waals surface area contributed by atoms with E-state index in [0.29, 0.717) is 16.8 Å². The summed E-state index contributed by atoms with van der Waals surface area (Å²) in [4.78, 5) is 20.7. The summed E-state index contributed by atoms with van der Waals surface area (Å²) in [6, 6.07) is 11.2. The van der Waals surface area contributed by atoms with E-state index in [4.69, 9.17) is 4.74 Å². The number of carbonyl (C=O) groups is 1. The number of benzene rings is 2. The molecule has 12 heteroatoms. The highest BCUT2D eigenvalue weighted by Crippen LogP contribution is 2.33. The smallest absolute Gasteiger partial charge is 0.433 e. The minimum absolute atomic E-state index is 0.0220. The zero-order chi connectivity index (χ0) is 24.5. The SMILES string of the molecule is O=C1OCCN1c1cc(Nc2nccc(C(F)(F)F)n2)cc(-c2ccc([C@@H](O)C(F)F)cc2)c1. The van der Waals surface area contributed by atoms with Crippen LogP contribution in [0.4, 0.5) is 44.1 Å². The summed E-state index contributed by atoms with van der Waals surface area (Å²) in [7, 11) is 0. The number of aliphatic hydroxyl groups is 1. The number of amides is 1. The van der Waals surface area contributed by atoms with Gasteiger partial charge in [-0.3, -0.25) is 4.90 Å². The number of alkyl halides is 5. The van der Waals surface area contributed by atoms with E-state index in [1.54, 1.807) is 12.1 Å². The van der Waals surface area contributed by atoms with Crippen LogP contribution in [0.1, 0.15) is 17.4 Å². The standard InChI is InChI=1S/C22H17F5N4O3/c23-19(24)18(32)13-3-1-12(2-4-13)14-9-15(11-16(10-14)31-7-8-34-21(31)33)29-20-28-6-5-17(30-20)22(25,26)27/h1-6,9-11,18-19,32H,7-8H2,(H,28,29,30)/t18-/m1/s1. The van der Waals surface area contributed by atoms with Crippen LogP contribution in [0.5, 0.6) is 0 Å². The molecule has 1 aliphatic rings. The molecule has 34 heavy (non-hydrogen) atoms. The van der Waals surface area contributed by atoms with E-state index >= 15 is 0 Å². The third-order valence-corrected chi connectivity index (χ3v) is 5.02. The van der Waals surface area contributed by atoms with Crippen LogP contribution < -0.4 is 10.2 Å². The molecule has 1 aromatic heterocycles. The van der Waals surface area contributed by atoms with Crippen LogP contribution >= 0.6 is 0 Å². The number of nitrogens with one attached hydrogen (secondary N) is 1. The summed E-state index contributed by atoms with van der Waals surface area (Å²) >= 11 is 0. The van der Waals surface area contributed by atoms with E-state index in [-0.39, 0.29) is 30.4 Å². The van der Waals surface area contributed by atoms with E-state index in [0.717, 1.165) is 12.3 Å². The van der Waals surface area contributed by atoms with Gasteiger partial charge in [0.25, 0.3) is 6.43 Å². The van der Waals surface area contributed by atoms with Crippen molar-refractivity contribution in [2.75, 3.05) is 23.4 Å². The number of ether oxygens (including phenoxy) is 1. The van der Waals surface area contributed by atoms with Gasteiger partial charge < -0.3 is 15.2 Å². The summed E-state index contributed by atoms with van der Waals surface area (Å²) in [5, 5.41) is 12.3. The largest absolute Gasteiger partial charge is 0.447 e. The summed E-state index contributed by atoms with van der Waals surface area (Å²) in [5.74, 6) is -0.308. The Kier molecular flexibility index (Phi) is 6.33. The molecule has 0 aliphatic carbocycles. The molecule has 1 atom stereocenters. The Bertz CT molecular complexity index is 1190. The number of rotatable bonds is 6. The molecule has 1 saturated heterocycles. The highest BCUT2D eigenvalue weighted by Gasteiger charge is 2.33. The first-order valence-electron chi connectivity index (χ1n) is 9.95. The molecule has 2 heterocycles.